The average Bonchev–Trinajstić information content (AvgIpc) is 3.19. The van der Waals surface area contributed by atoms with Gasteiger partial charge in [-0.15, -0.1) is 11.3 Å². The lowest BCUT2D eigenvalue weighted by molar-refractivity contribution is -0.119. The molecule has 9 heteroatoms. The number of rotatable bonds is 5. The molecule has 1 aromatic heterocycles. The summed E-state index contributed by atoms with van der Waals surface area (Å²) in [6.07, 6.45) is 2.18. The van der Waals surface area contributed by atoms with E-state index in [4.69, 9.17) is 4.74 Å². The van der Waals surface area contributed by atoms with E-state index >= 15 is 0 Å². The number of ether oxygens (including phenoxy) is 1. The van der Waals surface area contributed by atoms with Crippen molar-refractivity contribution in [2.24, 2.45) is 0 Å². The van der Waals surface area contributed by atoms with Crippen LogP contribution < -0.4 is 5.32 Å². The number of thiophene rings is 1. The molecule has 3 rings (SSSR count). The zero-order valence-corrected chi connectivity index (χ0v) is 16.2. The number of hydrogen-bond acceptors (Lipinski definition) is 6. The Labute approximate surface area is 156 Å². The molecule has 1 N–H and O–H groups in total. The van der Waals surface area contributed by atoms with Crippen LogP contribution in [0.4, 0.5) is 5.00 Å². The van der Waals surface area contributed by atoms with Crippen LogP contribution in [0.25, 0.3) is 10.1 Å². The maximum absolute atomic E-state index is 12.7. The molecule has 2 heterocycles. The van der Waals surface area contributed by atoms with E-state index in [1.54, 1.807) is 13.0 Å². The van der Waals surface area contributed by atoms with Gasteiger partial charge in [0.15, 0.2) is 0 Å². The number of anilines is 1. The summed E-state index contributed by atoms with van der Waals surface area (Å²) < 4.78 is 30.9. The summed E-state index contributed by atoms with van der Waals surface area (Å²) in [5.41, 5.74) is 0.310. The second kappa shape index (κ2) is 7.34. The molecule has 2 aromatic rings. The van der Waals surface area contributed by atoms with E-state index < -0.39 is 27.9 Å². The third-order valence-corrected chi connectivity index (χ3v) is 6.62. The van der Waals surface area contributed by atoms with Crippen molar-refractivity contribution in [2.75, 3.05) is 24.7 Å². The fourth-order valence-electron chi connectivity index (χ4n) is 3.13. The van der Waals surface area contributed by atoms with Crippen LogP contribution in [-0.2, 0) is 19.6 Å². The summed E-state index contributed by atoms with van der Waals surface area (Å²) >= 11 is 1.27. The Kier molecular flexibility index (Phi) is 5.31. The Morgan fingerprint density at radius 1 is 1.35 bits per heavy atom. The van der Waals surface area contributed by atoms with Gasteiger partial charge in [-0.1, -0.05) is 18.2 Å². The highest BCUT2D eigenvalue weighted by atomic mass is 32.2. The van der Waals surface area contributed by atoms with Gasteiger partial charge >= 0.3 is 5.97 Å². The number of benzene rings is 1. The van der Waals surface area contributed by atoms with Crippen LogP contribution in [0.1, 0.15) is 30.1 Å². The normalized spacial score (nSPS) is 18.2. The zero-order chi connectivity index (χ0) is 18.9. The molecule has 140 valence electrons. The SMILES string of the molecule is CCOC(=O)c1c(NC(=O)C2CCCN2S(C)(=O)=O)sc2ccccc12. The minimum absolute atomic E-state index is 0.223. The number of carbonyl (C=O) groups is 2. The first-order valence-corrected chi connectivity index (χ1v) is 11.0. The molecule has 1 saturated heterocycles. The van der Waals surface area contributed by atoms with Gasteiger partial charge in [-0.05, 0) is 25.8 Å². The van der Waals surface area contributed by atoms with Crippen molar-refractivity contribution in [3.05, 3.63) is 29.8 Å². The van der Waals surface area contributed by atoms with Crippen LogP contribution in [0.2, 0.25) is 0 Å². The predicted molar refractivity (Wildman–Crippen MR) is 101 cm³/mol. The molecule has 26 heavy (non-hydrogen) atoms. The molecule has 0 saturated carbocycles. The number of nitrogens with one attached hydrogen (secondary N) is 1. The van der Waals surface area contributed by atoms with Gasteiger partial charge in [0.05, 0.1) is 12.9 Å². The number of esters is 1. The lowest BCUT2D eigenvalue weighted by Crippen LogP contribution is -2.42. The molecule has 1 amide bonds. The van der Waals surface area contributed by atoms with Crippen molar-refractivity contribution < 1.29 is 22.7 Å². The summed E-state index contributed by atoms with van der Waals surface area (Å²) in [6.45, 7) is 2.27. The molecule has 0 spiro atoms. The molecule has 1 aliphatic heterocycles. The van der Waals surface area contributed by atoms with Crippen molar-refractivity contribution >= 4 is 48.3 Å². The zero-order valence-electron chi connectivity index (χ0n) is 14.5. The highest BCUT2D eigenvalue weighted by Crippen LogP contribution is 2.36. The largest absolute Gasteiger partial charge is 0.462 e. The highest BCUT2D eigenvalue weighted by Gasteiger charge is 2.37. The third-order valence-electron chi connectivity index (χ3n) is 4.24. The first kappa shape index (κ1) is 18.8. The van der Waals surface area contributed by atoms with Crippen molar-refractivity contribution in [2.45, 2.75) is 25.8 Å². The molecular weight excluding hydrogens is 376 g/mol. The molecule has 0 aliphatic carbocycles. The smallest absolute Gasteiger partial charge is 0.341 e. The molecule has 1 aromatic carbocycles. The average molecular weight is 396 g/mol. The molecular formula is C17H20N2O5S2. The maximum Gasteiger partial charge on any atom is 0.341 e. The van der Waals surface area contributed by atoms with Gasteiger partial charge in [-0.2, -0.15) is 4.31 Å². The van der Waals surface area contributed by atoms with Crippen molar-refractivity contribution in [3.8, 4) is 0 Å². The maximum atomic E-state index is 12.7. The number of sulfonamides is 1. The number of carbonyl (C=O) groups excluding carboxylic acids is 2. The van der Waals surface area contributed by atoms with Gasteiger partial charge in [-0.25, -0.2) is 13.2 Å². The third kappa shape index (κ3) is 3.60. The van der Waals surface area contributed by atoms with Gasteiger partial charge in [0.2, 0.25) is 15.9 Å². The quantitative estimate of drug-likeness (QED) is 0.784. The van der Waals surface area contributed by atoms with E-state index in [9.17, 15) is 18.0 Å². The molecule has 1 aliphatic rings. The summed E-state index contributed by atoms with van der Waals surface area (Å²) in [4.78, 5) is 25.1. The predicted octanol–water partition coefficient (Wildman–Crippen LogP) is 2.44. The minimum Gasteiger partial charge on any atom is -0.462 e. The van der Waals surface area contributed by atoms with E-state index in [0.29, 0.717) is 35.3 Å². The fourth-order valence-corrected chi connectivity index (χ4v) is 5.35. The van der Waals surface area contributed by atoms with E-state index in [1.165, 1.54) is 15.6 Å². The molecule has 0 radical (unpaired) electrons. The van der Waals surface area contributed by atoms with Crippen LogP contribution in [0.15, 0.2) is 24.3 Å². The van der Waals surface area contributed by atoms with E-state index in [2.05, 4.69) is 5.32 Å². The van der Waals surface area contributed by atoms with Crippen LogP contribution in [0.5, 0.6) is 0 Å². The Morgan fingerprint density at radius 3 is 2.77 bits per heavy atom. The Balaban J connectivity index is 1.94. The minimum atomic E-state index is -3.46. The number of fused-ring (bicyclic) bond motifs is 1. The molecule has 1 unspecified atom stereocenters. The van der Waals surface area contributed by atoms with Crippen LogP contribution in [0.3, 0.4) is 0 Å². The monoisotopic (exact) mass is 396 g/mol. The van der Waals surface area contributed by atoms with E-state index in [1.807, 2.05) is 18.2 Å². The Hall–Kier alpha value is -1.97. The number of nitrogens with zero attached hydrogens (tertiary/aromatic N) is 1. The van der Waals surface area contributed by atoms with Gasteiger partial charge in [0, 0.05) is 16.6 Å². The Bertz CT molecular complexity index is 951. The van der Waals surface area contributed by atoms with Gasteiger partial charge in [-0.3, -0.25) is 4.79 Å². The lowest BCUT2D eigenvalue weighted by Gasteiger charge is -2.21. The van der Waals surface area contributed by atoms with Gasteiger partial charge in [0.1, 0.15) is 16.6 Å². The summed E-state index contributed by atoms with van der Waals surface area (Å²) in [5, 5.41) is 3.85. The van der Waals surface area contributed by atoms with Gasteiger partial charge < -0.3 is 10.1 Å². The topological polar surface area (TPSA) is 92.8 Å². The lowest BCUT2D eigenvalue weighted by atomic mass is 10.1. The van der Waals surface area contributed by atoms with Crippen LogP contribution >= 0.6 is 11.3 Å². The van der Waals surface area contributed by atoms with E-state index in [0.717, 1.165) is 11.0 Å². The second-order valence-corrected chi connectivity index (χ2v) is 9.03. The van der Waals surface area contributed by atoms with Crippen LogP contribution in [0, 0.1) is 0 Å². The van der Waals surface area contributed by atoms with E-state index in [-0.39, 0.29) is 6.61 Å². The van der Waals surface area contributed by atoms with Crippen molar-refractivity contribution in [1.29, 1.82) is 0 Å². The van der Waals surface area contributed by atoms with Gasteiger partial charge in [0.25, 0.3) is 0 Å². The highest BCUT2D eigenvalue weighted by molar-refractivity contribution is 7.88. The standard InChI is InChI=1S/C17H20N2O5S2/c1-3-24-17(21)14-11-7-4-5-9-13(11)25-16(14)18-15(20)12-8-6-10-19(12)26(2,22)23/h4-5,7,9,12H,3,6,8,10H2,1-2H3,(H,18,20). The fraction of sp³-hybridized carbons (Fsp3) is 0.412. The summed E-state index contributed by atoms with van der Waals surface area (Å²) in [5.74, 6) is -0.934. The summed E-state index contributed by atoms with van der Waals surface area (Å²) in [7, 11) is -3.46. The van der Waals surface area contributed by atoms with Crippen molar-refractivity contribution in [3.63, 3.8) is 0 Å². The van der Waals surface area contributed by atoms with Crippen LogP contribution in [-0.4, -0.2) is 50.0 Å². The number of hydrogen-bond donors (Lipinski definition) is 1. The van der Waals surface area contributed by atoms with Crippen molar-refractivity contribution in [1.82, 2.24) is 4.31 Å². The number of amides is 1. The first-order valence-electron chi connectivity index (χ1n) is 8.29. The second-order valence-electron chi connectivity index (χ2n) is 6.04. The Morgan fingerprint density at radius 2 is 2.08 bits per heavy atom. The molecule has 1 fully saturated rings. The summed E-state index contributed by atoms with van der Waals surface area (Å²) in [6, 6.07) is 6.56. The molecule has 0 bridgehead atoms. The molecule has 1 atom stereocenters. The molecule has 7 nitrogen and oxygen atoms in total. The first-order chi connectivity index (χ1) is 12.3.